The van der Waals surface area contributed by atoms with Crippen LogP contribution in [0.5, 0.6) is 5.75 Å². The maximum absolute atomic E-state index is 13.5. The lowest BCUT2D eigenvalue weighted by atomic mass is 10.00. The Labute approximate surface area is 275 Å². The van der Waals surface area contributed by atoms with E-state index in [4.69, 9.17) is 9.47 Å². The number of amides is 1. The Hall–Kier alpha value is -3.59. The topological polar surface area (TPSA) is 63.7 Å². The standard InChI is InChI=1S/C37H43N3O3S2/c1-4-5-19-42-20-21-43-33-11-6-28(7-12-33)29-8-15-35-31(23-29)24-30(16-18-40(35)25-27(2)3)37(41)39-32-9-13-34(14-10-32)45-26-36-38-17-22-44-36/h6-15,17,22-24,27H,4-5,16,18-21,25-26H2,1-3H3,(H,39,41). The van der Waals surface area contributed by atoms with E-state index >= 15 is 0 Å². The number of carbonyl (C=O) groups is 1. The van der Waals surface area contributed by atoms with Gasteiger partial charge in [0.1, 0.15) is 17.4 Å². The van der Waals surface area contributed by atoms with Crippen LogP contribution in [0.4, 0.5) is 11.4 Å². The van der Waals surface area contributed by atoms with Gasteiger partial charge in [0.05, 0.1) is 12.4 Å². The van der Waals surface area contributed by atoms with Crippen molar-refractivity contribution in [2.24, 2.45) is 5.92 Å². The van der Waals surface area contributed by atoms with Crippen molar-refractivity contribution in [3.05, 3.63) is 94.5 Å². The van der Waals surface area contributed by atoms with Crippen molar-refractivity contribution in [2.45, 2.75) is 50.7 Å². The van der Waals surface area contributed by atoms with Crippen LogP contribution >= 0.6 is 23.1 Å². The minimum Gasteiger partial charge on any atom is -0.491 e. The van der Waals surface area contributed by atoms with Gasteiger partial charge in [0, 0.05) is 53.1 Å². The molecular formula is C37H43N3O3S2. The number of rotatable bonds is 15. The summed E-state index contributed by atoms with van der Waals surface area (Å²) in [6.45, 7) is 10.3. The first kappa shape index (κ1) is 32.8. The van der Waals surface area contributed by atoms with E-state index in [0.29, 0.717) is 25.6 Å². The van der Waals surface area contributed by atoms with Crippen molar-refractivity contribution in [1.29, 1.82) is 0 Å². The lowest BCUT2D eigenvalue weighted by Gasteiger charge is -2.27. The molecule has 1 aromatic heterocycles. The molecule has 0 aliphatic carbocycles. The van der Waals surface area contributed by atoms with Gasteiger partial charge in [-0.3, -0.25) is 4.79 Å². The van der Waals surface area contributed by atoms with Crippen LogP contribution in [0.3, 0.4) is 0 Å². The van der Waals surface area contributed by atoms with Crippen molar-refractivity contribution in [3.63, 3.8) is 0 Å². The molecule has 1 aliphatic rings. The number of hydrogen-bond donors (Lipinski definition) is 1. The molecule has 0 atom stereocenters. The Kier molecular flexibility index (Phi) is 12.1. The highest BCUT2D eigenvalue weighted by Crippen LogP contribution is 2.34. The van der Waals surface area contributed by atoms with Crippen molar-refractivity contribution in [3.8, 4) is 16.9 Å². The number of aromatic nitrogens is 1. The van der Waals surface area contributed by atoms with Crippen LogP contribution < -0.4 is 15.0 Å². The van der Waals surface area contributed by atoms with Gasteiger partial charge in [0.25, 0.3) is 5.91 Å². The van der Waals surface area contributed by atoms with Gasteiger partial charge in [-0.1, -0.05) is 45.4 Å². The van der Waals surface area contributed by atoms with Gasteiger partial charge in [-0.2, -0.15) is 0 Å². The van der Waals surface area contributed by atoms with E-state index < -0.39 is 0 Å². The van der Waals surface area contributed by atoms with Crippen molar-refractivity contribution in [2.75, 3.05) is 43.1 Å². The Bertz CT molecular complexity index is 1530. The molecule has 2 heterocycles. The van der Waals surface area contributed by atoms with Gasteiger partial charge in [0.15, 0.2) is 0 Å². The minimum absolute atomic E-state index is 0.0545. The maximum atomic E-state index is 13.5. The van der Waals surface area contributed by atoms with Crippen molar-refractivity contribution in [1.82, 2.24) is 4.98 Å². The molecule has 0 radical (unpaired) electrons. The molecule has 0 saturated heterocycles. The predicted molar refractivity (Wildman–Crippen MR) is 189 cm³/mol. The molecule has 0 fully saturated rings. The third-order valence-electron chi connectivity index (χ3n) is 7.51. The third kappa shape index (κ3) is 9.70. The zero-order chi connectivity index (χ0) is 31.4. The average molecular weight is 642 g/mol. The monoisotopic (exact) mass is 641 g/mol. The number of hydrogen-bond acceptors (Lipinski definition) is 7. The Morgan fingerprint density at radius 1 is 1.02 bits per heavy atom. The van der Waals surface area contributed by atoms with Crippen LogP contribution in [0.15, 0.2) is 88.8 Å². The van der Waals surface area contributed by atoms with Crippen LogP contribution in [-0.4, -0.2) is 43.8 Å². The summed E-state index contributed by atoms with van der Waals surface area (Å²) in [4.78, 5) is 21.5. The first-order valence-electron chi connectivity index (χ1n) is 15.8. The van der Waals surface area contributed by atoms with Crippen LogP contribution in [0.25, 0.3) is 17.2 Å². The highest BCUT2D eigenvalue weighted by Gasteiger charge is 2.21. The highest BCUT2D eigenvalue weighted by molar-refractivity contribution is 7.98. The van der Waals surface area contributed by atoms with E-state index in [1.54, 1.807) is 23.1 Å². The normalized spacial score (nSPS) is 12.9. The molecule has 0 spiro atoms. The number of ether oxygens (including phenoxy) is 2. The van der Waals surface area contributed by atoms with E-state index in [9.17, 15) is 4.79 Å². The summed E-state index contributed by atoms with van der Waals surface area (Å²) >= 11 is 3.41. The van der Waals surface area contributed by atoms with E-state index in [0.717, 1.165) is 81.9 Å². The van der Waals surface area contributed by atoms with Gasteiger partial charge in [-0.15, -0.1) is 23.1 Å². The summed E-state index contributed by atoms with van der Waals surface area (Å²) in [6, 6.07) is 22.8. The van der Waals surface area contributed by atoms with Gasteiger partial charge in [-0.05, 0) is 90.1 Å². The zero-order valence-electron chi connectivity index (χ0n) is 26.5. The van der Waals surface area contributed by atoms with Crippen LogP contribution in [0, 0.1) is 5.92 Å². The fourth-order valence-electron chi connectivity index (χ4n) is 5.21. The molecule has 8 heteroatoms. The predicted octanol–water partition coefficient (Wildman–Crippen LogP) is 9.19. The minimum atomic E-state index is -0.0545. The largest absolute Gasteiger partial charge is 0.491 e. The van der Waals surface area contributed by atoms with Gasteiger partial charge >= 0.3 is 0 Å². The summed E-state index contributed by atoms with van der Waals surface area (Å²) in [5.74, 6) is 2.13. The molecule has 1 amide bonds. The van der Waals surface area contributed by atoms with E-state index in [1.807, 2.05) is 35.8 Å². The molecule has 236 valence electrons. The number of nitrogens with one attached hydrogen (secondary N) is 1. The second-order valence-electron chi connectivity index (χ2n) is 11.6. The molecule has 0 bridgehead atoms. The number of unbranched alkanes of at least 4 members (excludes halogenated alkanes) is 1. The Balaban J connectivity index is 1.27. The molecule has 6 nitrogen and oxygen atoms in total. The lowest BCUT2D eigenvalue weighted by Crippen LogP contribution is -2.29. The first-order chi connectivity index (χ1) is 22.0. The maximum Gasteiger partial charge on any atom is 0.251 e. The summed E-state index contributed by atoms with van der Waals surface area (Å²) in [7, 11) is 0. The zero-order valence-corrected chi connectivity index (χ0v) is 28.1. The van der Waals surface area contributed by atoms with Crippen molar-refractivity contribution >= 4 is 46.5 Å². The van der Waals surface area contributed by atoms with Gasteiger partial charge in [-0.25, -0.2) is 4.98 Å². The van der Waals surface area contributed by atoms with E-state index in [1.165, 1.54) is 5.69 Å². The highest BCUT2D eigenvalue weighted by atomic mass is 32.2. The van der Waals surface area contributed by atoms with Gasteiger partial charge < -0.3 is 19.7 Å². The summed E-state index contributed by atoms with van der Waals surface area (Å²) in [5.41, 5.74) is 6.03. The second-order valence-corrected chi connectivity index (χ2v) is 13.6. The van der Waals surface area contributed by atoms with Crippen LogP contribution in [-0.2, 0) is 15.3 Å². The molecular weight excluding hydrogens is 599 g/mol. The summed E-state index contributed by atoms with van der Waals surface area (Å²) < 4.78 is 11.5. The van der Waals surface area contributed by atoms with Crippen molar-refractivity contribution < 1.29 is 14.3 Å². The molecule has 5 rings (SSSR count). The van der Waals surface area contributed by atoms with E-state index in [-0.39, 0.29) is 5.91 Å². The van der Waals surface area contributed by atoms with Crippen LogP contribution in [0.1, 0.15) is 50.6 Å². The Morgan fingerprint density at radius 2 is 1.82 bits per heavy atom. The SMILES string of the molecule is CCCCOCCOc1ccc(-c2ccc3c(c2)C=C(C(=O)Nc2ccc(SCc4nccs4)cc2)CCN3CC(C)C)cc1. The number of benzene rings is 3. The number of fused-ring (bicyclic) bond motifs is 1. The summed E-state index contributed by atoms with van der Waals surface area (Å²) in [6.07, 6.45) is 6.80. The summed E-state index contributed by atoms with van der Waals surface area (Å²) in [5, 5.41) is 6.25. The smallest absolute Gasteiger partial charge is 0.251 e. The van der Waals surface area contributed by atoms with Gasteiger partial charge in [0.2, 0.25) is 0 Å². The number of nitrogens with zero attached hydrogens (tertiary/aromatic N) is 2. The number of carbonyl (C=O) groups excluding carboxylic acids is 1. The molecule has 0 saturated carbocycles. The number of thioether (sulfide) groups is 1. The fraction of sp³-hybridized carbons (Fsp3) is 0.351. The van der Waals surface area contributed by atoms with Crippen LogP contribution in [0.2, 0.25) is 0 Å². The molecule has 45 heavy (non-hydrogen) atoms. The molecule has 0 unspecified atom stereocenters. The quantitative estimate of drug-likeness (QED) is 0.103. The Morgan fingerprint density at radius 3 is 2.56 bits per heavy atom. The number of thiazole rings is 1. The molecule has 4 aromatic rings. The fourth-order valence-corrected chi connectivity index (χ4v) is 6.75. The first-order valence-corrected chi connectivity index (χ1v) is 17.7. The van der Waals surface area contributed by atoms with E-state index in [2.05, 4.69) is 84.5 Å². The molecule has 1 aliphatic heterocycles. The lowest BCUT2D eigenvalue weighted by molar-refractivity contribution is -0.112. The third-order valence-corrected chi connectivity index (χ3v) is 9.50. The average Bonchev–Trinajstić information content (AvgIpc) is 3.51. The molecule has 1 N–H and O–H groups in total. The molecule has 3 aromatic carbocycles. The number of anilines is 2. The second kappa shape index (κ2) is 16.6.